The molecule has 0 aliphatic carbocycles. The molecule has 0 bridgehead atoms. The van der Waals surface area contributed by atoms with Gasteiger partial charge in [-0.25, -0.2) is 0 Å². The van der Waals surface area contributed by atoms with Gasteiger partial charge in [-0.15, -0.1) is 0 Å². The molecule has 0 saturated carbocycles. The minimum absolute atomic E-state index is 0.268. The van der Waals surface area contributed by atoms with E-state index in [9.17, 15) is 9.90 Å². The van der Waals surface area contributed by atoms with Crippen LogP contribution in [0.1, 0.15) is 82.8 Å². The van der Waals surface area contributed by atoms with Crippen molar-refractivity contribution in [1.82, 2.24) is 0 Å². The fraction of sp³-hybridized carbons (Fsp3) is 0.650. The second-order valence-corrected chi connectivity index (χ2v) is 6.34. The van der Waals surface area contributed by atoms with Gasteiger partial charge in [0.2, 0.25) is 0 Å². The molecule has 0 spiro atoms. The molecule has 0 amide bonds. The highest BCUT2D eigenvalue weighted by Gasteiger charge is 2.08. The fourth-order valence-corrected chi connectivity index (χ4v) is 2.66. The van der Waals surface area contributed by atoms with Crippen LogP contribution < -0.4 is 4.74 Å². The first-order chi connectivity index (χ1) is 11.6. The van der Waals surface area contributed by atoms with Crippen LogP contribution in [-0.4, -0.2) is 22.8 Å². The van der Waals surface area contributed by atoms with E-state index in [0.29, 0.717) is 6.61 Å². The van der Waals surface area contributed by atoms with Crippen LogP contribution in [0.15, 0.2) is 24.3 Å². The molecule has 4 nitrogen and oxygen atoms in total. The quantitative estimate of drug-likeness (QED) is 0.464. The van der Waals surface area contributed by atoms with Crippen molar-refractivity contribution in [3.63, 3.8) is 0 Å². The van der Waals surface area contributed by atoms with Crippen molar-refractivity contribution >= 4 is 5.97 Å². The molecule has 0 aromatic heterocycles. The van der Waals surface area contributed by atoms with Crippen molar-refractivity contribution < 1.29 is 19.7 Å². The molecule has 2 N–H and O–H groups in total. The monoisotopic (exact) mass is 336 g/mol. The molecule has 0 aliphatic heterocycles. The Morgan fingerprint density at radius 1 is 1.08 bits per heavy atom. The average molecular weight is 336 g/mol. The Bertz CT molecular complexity index is 459. The van der Waals surface area contributed by atoms with Crippen molar-refractivity contribution in [3.05, 3.63) is 29.8 Å². The third-order valence-electron chi connectivity index (χ3n) is 4.13. The van der Waals surface area contributed by atoms with Gasteiger partial charge in [-0.2, -0.15) is 0 Å². The lowest BCUT2D eigenvalue weighted by Gasteiger charge is -2.13. The summed E-state index contributed by atoms with van der Waals surface area (Å²) in [6, 6.07) is 7.74. The Morgan fingerprint density at radius 2 is 1.83 bits per heavy atom. The van der Waals surface area contributed by atoms with Gasteiger partial charge in [0.15, 0.2) is 0 Å². The van der Waals surface area contributed by atoms with Crippen LogP contribution in [0.25, 0.3) is 0 Å². The van der Waals surface area contributed by atoms with Crippen molar-refractivity contribution in [1.29, 1.82) is 0 Å². The summed E-state index contributed by atoms with van der Waals surface area (Å²) in [5.74, 6) is 0.100. The summed E-state index contributed by atoms with van der Waals surface area (Å²) in [6.45, 7) is 2.82. The predicted octanol–water partition coefficient (Wildman–Crippen LogP) is 5.10. The van der Waals surface area contributed by atoms with Crippen LogP contribution in [0.2, 0.25) is 0 Å². The van der Waals surface area contributed by atoms with E-state index in [0.717, 1.165) is 69.1 Å². The minimum atomic E-state index is -0.713. The number of unbranched alkanes of at least 4 members (excludes halogenated alkanes) is 6. The lowest BCUT2D eigenvalue weighted by atomic mass is 10.0. The summed E-state index contributed by atoms with van der Waals surface area (Å²) >= 11 is 0. The second-order valence-electron chi connectivity index (χ2n) is 6.34. The van der Waals surface area contributed by atoms with Gasteiger partial charge >= 0.3 is 5.97 Å². The zero-order valence-corrected chi connectivity index (χ0v) is 14.9. The minimum Gasteiger partial charge on any atom is -0.494 e. The summed E-state index contributed by atoms with van der Waals surface area (Å²) in [7, 11) is 0. The number of rotatable bonds is 14. The maximum absolute atomic E-state index is 10.4. The highest BCUT2D eigenvalue weighted by atomic mass is 16.5. The van der Waals surface area contributed by atoms with Gasteiger partial charge in [0.25, 0.3) is 0 Å². The topological polar surface area (TPSA) is 66.8 Å². The van der Waals surface area contributed by atoms with Crippen LogP contribution in [0.5, 0.6) is 5.75 Å². The number of aliphatic hydroxyl groups excluding tert-OH is 1. The maximum Gasteiger partial charge on any atom is 0.303 e. The highest BCUT2D eigenvalue weighted by Crippen LogP contribution is 2.23. The Hall–Kier alpha value is -1.55. The smallest absolute Gasteiger partial charge is 0.303 e. The Labute approximate surface area is 145 Å². The first kappa shape index (κ1) is 20.5. The number of carboxylic acids is 1. The summed E-state index contributed by atoms with van der Waals surface area (Å²) in [6.07, 6.45) is 8.81. The Kier molecular flexibility index (Phi) is 10.9. The van der Waals surface area contributed by atoms with E-state index in [1.54, 1.807) is 0 Å². The van der Waals surface area contributed by atoms with E-state index in [2.05, 4.69) is 6.92 Å². The molecule has 0 heterocycles. The largest absolute Gasteiger partial charge is 0.494 e. The zero-order chi connectivity index (χ0) is 17.6. The molecule has 0 aliphatic rings. The number of benzene rings is 1. The van der Waals surface area contributed by atoms with Crippen LogP contribution in [-0.2, 0) is 4.79 Å². The van der Waals surface area contributed by atoms with Crippen molar-refractivity contribution in [2.45, 2.75) is 77.2 Å². The number of carbonyl (C=O) groups is 1. The highest BCUT2D eigenvalue weighted by molar-refractivity contribution is 5.66. The molecule has 24 heavy (non-hydrogen) atoms. The predicted molar refractivity (Wildman–Crippen MR) is 96.4 cm³/mol. The lowest BCUT2D eigenvalue weighted by Crippen LogP contribution is -2.01. The lowest BCUT2D eigenvalue weighted by molar-refractivity contribution is -0.137. The molecule has 0 saturated heterocycles. The normalized spacial score (nSPS) is 12.1. The van der Waals surface area contributed by atoms with E-state index in [-0.39, 0.29) is 6.42 Å². The molecule has 1 rings (SSSR count). The fourth-order valence-electron chi connectivity index (χ4n) is 2.66. The van der Waals surface area contributed by atoms with Crippen LogP contribution in [0, 0.1) is 0 Å². The molecule has 0 unspecified atom stereocenters. The zero-order valence-electron chi connectivity index (χ0n) is 14.9. The third-order valence-corrected chi connectivity index (χ3v) is 4.13. The van der Waals surface area contributed by atoms with Gasteiger partial charge in [-0.05, 0) is 37.0 Å². The number of carboxylic acid groups (broad SMARTS) is 1. The molecule has 1 atom stereocenters. The molecular formula is C20H32O4. The summed E-state index contributed by atoms with van der Waals surface area (Å²) < 4.78 is 5.76. The van der Waals surface area contributed by atoms with Crippen molar-refractivity contribution in [2.75, 3.05) is 6.61 Å². The summed E-state index contributed by atoms with van der Waals surface area (Å²) in [5, 5.41) is 18.8. The molecule has 136 valence electrons. The Balaban J connectivity index is 2.19. The third kappa shape index (κ3) is 9.56. The van der Waals surface area contributed by atoms with Gasteiger partial charge in [0.05, 0.1) is 12.7 Å². The summed E-state index contributed by atoms with van der Waals surface area (Å²) in [5.41, 5.74) is 0.928. The summed E-state index contributed by atoms with van der Waals surface area (Å²) in [4.78, 5) is 10.4. The van der Waals surface area contributed by atoms with E-state index in [1.165, 1.54) is 0 Å². The maximum atomic E-state index is 10.4. The average Bonchev–Trinajstić information content (AvgIpc) is 2.57. The van der Waals surface area contributed by atoms with Crippen LogP contribution in [0.4, 0.5) is 0 Å². The van der Waals surface area contributed by atoms with Crippen LogP contribution in [0.3, 0.4) is 0 Å². The Morgan fingerprint density at radius 3 is 2.58 bits per heavy atom. The number of aliphatic hydroxyl groups is 1. The number of ether oxygens (including phenoxy) is 1. The molecular weight excluding hydrogens is 304 g/mol. The van der Waals surface area contributed by atoms with Crippen LogP contribution >= 0.6 is 0 Å². The van der Waals surface area contributed by atoms with E-state index < -0.39 is 12.1 Å². The molecule has 4 heteroatoms. The second kappa shape index (κ2) is 12.8. The van der Waals surface area contributed by atoms with E-state index in [4.69, 9.17) is 9.84 Å². The first-order valence-corrected chi connectivity index (χ1v) is 9.26. The molecule has 1 aromatic carbocycles. The van der Waals surface area contributed by atoms with Crippen molar-refractivity contribution in [3.8, 4) is 5.75 Å². The van der Waals surface area contributed by atoms with Gasteiger partial charge in [-0.1, -0.05) is 57.6 Å². The van der Waals surface area contributed by atoms with Gasteiger partial charge in [0.1, 0.15) is 5.75 Å². The van der Waals surface area contributed by atoms with Gasteiger partial charge < -0.3 is 14.9 Å². The molecule has 0 radical (unpaired) electrons. The van der Waals surface area contributed by atoms with E-state index in [1.807, 2.05) is 24.3 Å². The number of hydrogen-bond acceptors (Lipinski definition) is 3. The van der Waals surface area contributed by atoms with Gasteiger partial charge in [-0.3, -0.25) is 4.79 Å². The van der Waals surface area contributed by atoms with Gasteiger partial charge in [0, 0.05) is 6.42 Å². The molecule has 0 fully saturated rings. The van der Waals surface area contributed by atoms with Crippen molar-refractivity contribution in [2.24, 2.45) is 0 Å². The SMILES string of the molecule is CCCCC[C@H](O)c1cccc(OCCCCCCCC(=O)O)c1. The first-order valence-electron chi connectivity index (χ1n) is 9.26. The number of aliphatic carboxylic acids is 1. The van der Waals surface area contributed by atoms with E-state index >= 15 is 0 Å². The molecule has 1 aromatic rings. The number of hydrogen-bond donors (Lipinski definition) is 2. The standard InChI is InChI=1S/C20H32O4/c1-2-3-7-13-19(21)17-11-10-12-18(16-17)24-15-9-6-4-5-8-14-20(22)23/h10-12,16,19,21H,2-9,13-15H2,1H3,(H,22,23)/t19-/m0/s1.